The third kappa shape index (κ3) is 3.23. The molecule has 1 aromatic carbocycles. The lowest BCUT2D eigenvalue weighted by atomic mass is 9.94. The molecule has 2 aliphatic rings. The van der Waals surface area contributed by atoms with Gasteiger partial charge in [-0.05, 0) is 36.4 Å². The predicted molar refractivity (Wildman–Crippen MR) is 107 cm³/mol. The van der Waals surface area contributed by atoms with E-state index >= 15 is 0 Å². The number of fused-ring (bicyclic) bond motifs is 1. The van der Waals surface area contributed by atoms with Crippen molar-refractivity contribution in [3.05, 3.63) is 39.7 Å². The number of carbonyl (C=O) groups is 1. The number of ether oxygens (including phenoxy) is 4. The Morgan fingerprint density at radius 1 is 1.21 bits per heavy atom. The van der Waals surface area contributed by atoms with Crippen LogP contribution in [-0.4, -0.2) is 44.5 Å². The van der Waals surface area contributed by atoms with Crippen molar-refractivity contribution >= 4 is 22.9 Å². The molecule has 29 heavy (non-hydrogen) atoms. The number of nitriles is 1. The van der Waals surface area contributed by atoms with Crippen LogP contribution in [0.3, 0.4) is 0 Å². The van der Waals surface area contributed by atoms with Crippen molar-refractivity contribution in [1.82, 2.24) is 4.90 Å². The van der Waals surface area contributed by atoms with Gasteiger partial charge in [0.2, 0.25) is 5.75 Å². The van der Waals surface area contributed by atoms with Gasteiger partial charge in [0, 0.05) is 0 Å². The third-order valence-electron chi connectivity index (χ3n) is 4.59. The van der Waals surface area contributed by atoms with E-state index in [-0.39, 0.29) is 5.82 Å². The zero-order valence-electron chi connectivity index (χ0n) is 16.6. The van der Waals surface area contributed by atoms with Crippen LogP contribution in [0.25, 0.3) is 0 Å². The molecule has 0 bridgehead atoms. The standard InChI is InChI=1S/C19H20N4O5S/c1-9-14(18(24)28-5)15(23-17(21)13(8-20)29-19(23)22-9)10-6-11(25-2)16(27-4)12(7-10)26-3/h6-7,15H,21H2,1-5H3/t15-/m0/s1. The van der Waals surface area contributed by atoms with Crippen molar-refractivity contribution in [2.75, 3.05) is 28.4 Å². The highest BCUT2D eigenvalue weighted by Crippen LogP contribution is 2.48. The molecular weight excluding hydrogens is 396 g/mol. The van der Waals surface area contributed by atoms with Gasteiger partial charge in [0.25, 0.3) is 0 Å². The number of esters is 1. The van der Waals surface area contributed by atoms with Gasteiger partial charge in [-0.25, -0.2) is 9.79 Å². The maximum atomic E-state index is 12.6. The minimum atomic E-state index is -0.693. The summed E-state index contributed by atoms with van der Waals surface area (Å²) in [6.45, 7) is 1.71. The molecular formula is C19H20N4O5S. The van der Waals surface area contributed by atoms with Gasteiger partial charge in [0.05, 0.1) is 45.8 Å². The molecule has 2 heterocycles. The van der Waals surface area contributed by atoms with Crippen molar-refractivity contribution < 1.29 is 23.7 Å². The van der Waals surface area contributed by atoms with Crippen LogP contribution in [0, 0.1) is 11.3 Å². The first-order valence-corrected chi connectivity index (χ1v) is 9.28. The number of allylic oxidation sites excluding steroid dienone is 2. The number of carbonyl (C=O) groups excluding carboxylic acids is 1. The van der Waals surface area contributed by atoms with Gasteiger partial charge in [-0.3, -0.25) is 4.90 Å². The zero-order chi connectivity index (χ0) is 21.3. The highest BCUT2D eigenvalue weighted by atomic mass is 32.2. The van der Waals surface area contributed by atoms with E-state index in [1.165, 1.54) is 28.4 Å². The first-order valence-electron chi connectivity index (χ1n) is 8.46. The molecule has 0 amide bonds. The number of nitrogens with zero attached hydrogens (tertiary/aromatic N) is 3. The molecule has 2 aliphatic heterocycles. The maximum Gasteiger partial charge on any atom is 0.338 e. The lowest BCUT2D eigenvalue weighted by molar-refractivity contribution is -0.136. The number of methoxy groups -OCH3 is 4. The van der Waals surface area contributed by atoms with Gasteiger partial charge < -0.3 is 24.7 Å². The van der Waals surface area contributed by atoms with Gasteiger partial charge in [-0.1, -0.05) is 0 Å². The minimum Gasteiger partial charge on any atom is -0.493 e. The molecule has 0 radical (unpaired) electrons. The topological polar surface area (TPSA) is 119 Å². The number of hydrogen-bond acceptors (Lipinski definition) is 10. The summed E-state index contributed by atoms with van der Waals surface area (Å²) in [6, 6.07) is 4.84. The molecule has 0 aliphatic carbocycles. The molecule has 10 heteroatoms. The summed E-state index contributed by atoms with van der Waals surface area (Å²) in [5, 5.41) is 9.91. The summed E-state index contributed by atoms with van der Waals surface area (Å²) in [7, 11) is 5.81. The Bertz CT molecular complexity index is 983. The summed E-state index contributed by atoms with van der Waals surface area (Å²) in [5.74, 6) is 0.919. The number of hydrogen-bond donors (Lipinski definition) is 1. The summed E-state index contributed by atoms with van der Waals surface area (Å²) in [5.41, 5.74) is 7.64. The molecule has 1 atom stereocenters. The van der Waals surface area contributed by atoms with E-state index in [1.54, 1.807) is 24.0 Å². The molecule has 1 aromatic rings. The number of benzene rings is 1. The molecule has 152 valence electrons. The van der Waals surface area contributed by atoms with Gasteiger partial charge in [0.15, 0.2) is 16.7 Å². The van der Waals surface area contributed by atoms with Gasteiger partial charge in [-0.2, -0.15) is 5.26 Å². The first-order chi connectivity index (χ1) is 13.9. The Morgan fingerprint density at radius 3 is 2.31 bits per heavy atom. The first kappa shape index (κ1) is 20.4. The minimum absolute atomic E-state index is 0.212. The van der Waals surface area contributed by atoms with Crippen LogP contribution in [0.2, 0.25) is 0 Å². The lowest BCUT2D eigenvalue weighted by Crippen LogP contribution is -2.38. The van der Waals surface area contributed by atoms with Crippen molar-refractivity contribution in [1.29, 1.82) is 5.26 Å². The van der Waals surface area contributed by atoms with Gasteiger partial charge in [-0.15, -0.1) is 0 Å². The van der Waals surface area contributed by atoms with Crippen molar-refractivity contribution in [3.63, 3.8) is 0 Å². The summed E-state index contributed by atoms with van der Waals surface area (Å²) < 4.78 is 21.3. The number of thioether (sulfide) groups is 1. The Labute approximate surface area is 172 Å². The highest BCUT2D eigenvalue weighted by molar-refractivity contribution is 8.17. The van der Waals surface area contributed by atoms with Gasteiger partial charge in [0.1, 0.15) is 16.8 Å². The smallest absolute Gasteiger partial charge is 0.338 e. The molecule has 9 nitrogen and oxygen atoms in total. The molecule has 0 spiro atoms. The second kappa shape index (κ2) is 7.97. The van der Waals surface area contributed by atoms with E-state index in [2.05, 4.69) is 11.1 Å². The highest BCUT2D eigenvalue weighted by Gasteiger charge is 2.43. The van der Waals surface area contributed by atoms with Gasteiger partial charge >= 0.3 is 5.97 Å². The molecule has 0 aromatic heterocycles. The lowest BCUT2D eigenvalue weighted by Gasteiger charge is -2.35. The number of rotatable bonds is 5. The Kier molecular flexibility index (Phi) is 5.61. The second-order valence-corrected chi connectivity index (χ2v) is 7.02. The van der Waals surface area contributed by atoms with Crippen LogP contribution >= 0.6 is 11.8 Å². The molecule has 0 saturated carbocycles. The van der Waals surface area contributed by atoms with E-state index in [0.29, 0.717) is 44.2 Å². The summed E-state index contributed by atoms with van der Waals surface area (Å²) >= 11 is 1.15. The fourth-order valence-electron chi connectivity index (χ4n) is 3.29. The van der Waals surface area contributed by atoms with E-state index < -0.39 is 12.0 Å². The predicted octanol–water partition coefficient (Wildman–Crippen LogP) is 2.27. The number of nitrogens with two attached hydrogens (primary N) is 1. The van der Waals surface area contributed by atoms with Crippen LogP contribution in [0.5, 0.6) is 17.2 Å². The molecule has 0 fully saturated rings. The number of aliphatic imine (C=N–C) groups is 1. The normalized spacial score (nSPS) is 18.1. The third-order valence-corrected chi connectivity index (χ3v) is 5.56. The molecule has 0 unspecified atom stereocenters. The van der Waals surface area contributed by atoms with Crippen molar-refractivity contribution in [3.8, 4) is 23.3 Å². The fraction of sp³-hybridized carbons (Fsp3) is 0.316. The average molecular weight is 416 g/mol. The van der Waals surface area contributed by atoms with Crippen LogP contribution in [0.4, 0.5) is 0 Å². The average Bonchev–Trinajstić information content (AvgIpc) is 3.05. The SMILES string of the molecule is COC(=O)C1=C(C)N=C2SC(C#N)=C(N)N2[C@H]1c1cc(OC)c(OC)c(OC)c1. The largest absolute Gasteiger partial charge is 0.493 e. The maximum absolute atomic E-state index is 12.6. The van der Waals surface area contributed by atoms with E-state index in [9.17, 15) is 10.1 Å². The van der Waals surface area contributed by atoms with Crippen molar-refractivity contribution in [2.45, 2.75) is 13.0 Å². The van der Waals surface area contributed by atoms with E-state index in [0.717, 1.165) is 11.8 Å². The van der Waals surface area contributed by atoms with E-state index in [1.807, 2.05) is 0 Å². The molecule has 0 saturated heterocycles. The van der Waals surface area contributed by atoms with Crippen LogP contribution < -0.4 is 19.9 Å². The fourth-order valence-corrected chi connectivity index (χ4v) is 4.20. The van der Waals surface area contributed by atoms with Crippen LogP contribution in [-0.2, 0) is 9.53 Å². The summed E-state index contributed by atoms with van der Waals surface area (Å²) in [4.78, 5) is 19.1. The zero-order valence-corrected chi connectivity index (χ0v) is 17.4. The Hall–Kier alpha value is -3.32. The Morgan fingerprint density at radius 2 is 1.83 bits per heavy atom. The van der Waals surface area contributed by atoms with Crippen LogP contribution in [0.1, 0.15) is 18.5 Å². The summed E-state index contributed by atoms with van der Waals surface area (Å²) in [6.07, 6.45) is 0. The Balaban J connectivity index is 2.29. The second-order valence-electron chi connectivity index (χ2n) is 6.04. The molecule has 3 rings (SSSR count). The quantitative estimate of drug-likeness (QED) is 0.721. The molecule has 2 N–H and O–H groups in total. The number of amidine groups is 1. The van der Waals surface area contributed by atoms with Crippen molar-refractivity contribution in [2.24, 2.45) is 10.7 Å². The monoisotopic (exact) mass is 416 g/mol. The van der Waals surface area contributed by atoms with Crippen LogP contribution in [0.15, 0.2) is 39.1 Å². The van der Waals surface area contributed by atoms with E-state index in [4.69, 9.17) is 24.7 Å².